The van der Waals surface area contributed by atoms with E-state index < -0.39 is 57.3 Å². The molecule has 2 fully saturated rings. The third kappa shape index (κ3) is 5.21. The summed E-state index contributed by atoms with van der Waals surface area (Å²) in [6, 6.07) is 7.72. The summed E-state index contributed by atoms with van der Waals surface area (Å²) < 4.78 is 57.8. The zero-order valence-electron chi connectivity index (χ0n) is 23.7. The van der Waals surface area contributed by atoms with E-state index in [0.29, 0.717) is 11.0 Å². The van der Waals surface area contributed by atoms with Crippen LogP contribution in [0.1, 0.15) is 58.1 Å². The minimum absolute atomic E-state index is 0.0479. The first kappa shape index (κ1) is 29.5. The molecule has 0 saturated carbocycles. The van der Waals surface area contributed by atoms with E-state index in [4.69, 9.17) is 30.2 Å². The molecule has 0 amide bonds. The zero-order valence-corrected chi connectivity index (χ0v) is 25.4. The molecule has 40 heavy (non-hydrogen) atoms. The zero-order chi connectivity index (χ0) is 29.3. The van der Waals surface area contributed by atoms with Crippen LogP contribution in [0.3, 0.4) is 0 Å². The largest absolute Gasteiger partial charge is 0.410 e. The summed E-state index contributed by atoms with van der Waals surface area (Å²) in [7, 11) is -2.44. The van der Waals surface area contributed by atoms with Gasteiger partial charge < -0.3 is 28.3 Å². The number of aliphatic hydroxyl groups excluding tert-OH is 1. The fourth-order valence-electron chi connectivity index (χ4n) is 5.06. The van der Waals surface area contributed by atoms with Gasteiger partial charge in [-0.25, -0.2) is 9.97 Å². The number of alkyl halides is 2. The molecule has 8 nitrogen and oxygen atoms in total. The molecule has 3 aromatic rings. The first-order chi connectivity index (χ1) is 18.5. The van der Waals surface area contributed by atoms with Crippen LogP contribution >= 0.6 is 11.6 Å². The predicted molar refractivity (Wildman–Crippen MR) is 149 cm³/mol. The molecule has 2 aliphatic rings. The van der Waals surface area contributed by atoms with Crippen molar-refractivity contribution in [3.05, 3.63) is 59.1 Å². The molecule has 0 spiro atoms. The highest BCUT2D eigenvalue weighted by Gasteiger charge is 2.58. The van der Waals surface area contributed by atoms with Crippen molar-refractivity contribution in [2.45, 2.75) is 95.1 Å². The minimum Gasteiger partial charge on any atom is -0.410 e. The lowest BCUT2D eigenvalue weighted by atomic mass is 9.92. The van der Waals surface area contributed by atoms with Gasteiger partial charge in [-0.05, 0) is 43.6 Å². The number of fused-ring (bicyclic) bond motifs is 2. The number of aliphatic hydroxyl groups is 1. The second-order valence-electron chi connectivity index (χ2n) is 12.5. The summed E-state index contributed by atoms with van der Waals surface area (Å²) in [4.78, 5) is 8.37. The first-order valence-electron chi connectivity index (χ1n) is 13.3. The van der Waals surface area contributed by atoms with Crippen LogP contribution in [0.5, 0.6) is 0 Å². The van der Waals surface area contributed by atoms with Crippen molar-refractivity contribution in [3.8, 4) is 0 Å². The lowest BCUT2D eigenvalue weighted by Crippen LogP contribution is -2.43. The smallest absolute Gasteiger partial charge is 0.295 e. The molecular formula is C28H36ClF2N3O5Si. The third-order valence-electron chi connectivity index (χ3n) is 8.20. The highest BCUT2D eigenvalue weighted by atomic mass is 35.5. The summed E-state index contributed by atoms with van der Waals surface area (Å²) in [5, 5.41) is 12.3. The Bertz CT molecular complexity index is 1400. The van der Waals surface area contributed by atoms with Gasteiger partial charge in [-0.2, -0.15) is 8.78 Å². The quantitative estimate of drug-likeness (QED) is 0.251. The van der Waals surface area contributed by atoms with Crippen molar-refractivity contribution >= 4 is 31.0 Å². The molecule has 1 aromatic carbocycles. The van der Waals surface area contributed by atoms with Gasteiger partial charge in [0, 0.05) is 11.8 Å². The Morgan fingerprint density at radius 2 is 1.80 bits per heavy atom. The van der Waals surface area contributed by atoms with Crippen LogP contribution in [0.15, 0.2) is 42.9 Å². The molecule has 2 aliphatic heterocycles. The van der Waals surface area contributed by atoms with Gasteiger partial charge in [0.2, 0.25) is 0 Å². The predicted octanol–water partition coefficient (Wildman–Crippen LogP) is 6.35. The van der Waals surface area contributed by atoms with Gasteiger partial charge in [-0.15, -0.1) is 0 Å². The molecule has 5 atom stereocenters. The van der Waals surface area contributed by atoms with Crippen molar-refractivity contribution < 1.29 is 32.5 Å². The van der Waals surface area contributed by atoms with Crippen LogP contribution in [0.4, 0.5) is 8.78 Å². The molecule has 0 bridgehead atoms. The third-order valence-corrected chi connectivity index (χ3v) is 13.0. The Hall–Kier alpha value is -1.99. The highest BCUT2D eigenvalue weighted by Crippen LogP contribution is 2.48. The van der Waals surface area contributed by atoms with Gasteiger partial charge in [0.05, 0.1) is 5.39 Å². The lowest BCUT2D eigenvalue weighted by Gasteiger charge is -2.37. The van der Waals surface area contributed by atoms with Crippen molar-refractivity contribution in [3.63, 3.8) is 0 Å². The normalized spacial score (nSPS) is 25.9. The second-order valence-corrected chi connectivity index (χ2v) is 17.6. The molecule has 12 heteroatoms. The molecular weight excluding hydrogens is 560 g/mol. The van der Waals surface area contributed by atoms with E-state index in [2.05, 4.69) is 9.97 Å². The van der Waals surface area contributed by atoms with Gasteiger partial charge in [-0.3, -0.25) is 0 Å². The van der Waals surface area contributed by atoms with Gasteiger partial charge in [0.1, 0.15) is 48.2 Å². The standard InChI is InChI=1S/C28H36ClF2N3O5Si/c1-26(2,3)40(6,7)36-14-28(30,31)18-11-9-8-10-16(18)19(35)20-21-22(39-27(4,5)38-21)25(37-20)34-13-12-17-23(29)32-15-33-24(17)34/h8-13,15,19-22,25,35H,14H2,1-7H3/t19-,20-,21-,22-,25-/m1/s1. The van der Waals surface area contributed by atoms with E-state index >= 15 is 8.78 Å². The van der Waals surface area contributed by atoms with E-state index in [0.717, 1.165) is 0 Å². The van der Waals surface area contributed by atoms with Gasteiger partial charge in [0.15, 0.2) is 20.3 Å². The van der Waals surface area contributed by atoms with Gasteiger partial charge in [-0.1, -0.05) is 56.6 Å². The topological polar surface area (TPSA) is 87.9 Å². The van der Waals surface area contributed by atoms with Crippen molar-refractivity contribution in [2.75, 3.05) is 6.61 Å². The van der Waals surface area contributed by atoms with Crippen LogP contribution in [-0.4, -0.2) is 58.7 Å². The van der Waals surface area contributed by atoms with Crippen LogP contribution < -0.4 is 0 Å². The molecule has 2 aromatic heterocycles. The summed E-state index contributed by atoms with van der Waals surface area (Å²) >= 11 is 6.25. The summed E-state index contributed by atoms with van der Waals surface area (Å²) in [5.74, 6) is -4.33. The Morgan fingerprint density at radius 1 is 1.12 bits per heavy atom. The first-order valence-corrected chi connectivity index (χ1v) is 16.6. The van der Waals surface area contributed by atoms with Crippen molar-refractivity contribution in [1.82, 2.24) is 14.5 Å². The van der Waals surface area contributed by atoms with E-state index in [1.54, 1.807) is 36.7 Å². The molecule has 0 aliphatic carbocycles. The SMILES string of the molecule is CC1(C)O[C@H]2[C@@H](O1)[C@H](n1ccc3c(Cl)ncnc31)O[C@@H]2[C@H](O)c1ccccc1C(F)(F)CO[Si](C)(C)C(C)(C)C. The Morgan fingerprint density at radius 3 is 2.50 bits per heavy atom. The summed E-state index contributed by atoms with van der Waals surface area (Å²) in [6.07, 6.45) is -1.50. The lowest BCUT2D eigenvalue weighted by molar-refractivity contribution is -0.207. The Balaban J connectivity index is 1.47. The molecule has 218 valence electrons. The number of halogens is 3. The maximum atomic E-state index is 15.7. The second kappa shape index (κ2) is 10.1. The molecule has 1 N–H and O–H groups in total. The van der Waals surface area contributed by atoms with Crippen LogP contribution in [0, 0.1) is 0 Å². The highest BCUT2D eigenvalue weighted by molar-refractivity contribution is 6.74. The minimum atomic E-state index is -3.35. The number of hydrogen-bond acceptors (Lipinski definition) is 7. The number of benzene rings is 1. The van der Waals surface area contributed by atoms with Gasteiger partial charge in [0.25, 0.3) is 5.92 Å². The van der Waals surface area contributed by atoms with Crippen LogP contribution in [0.2, 0.25) is 23.3 Å². The Labute approximate surface area is 238 Å². The molecule has 5 rings (SSSR count). The average Bonchev–Trinajstić information content (AvgIpc) is 3.53. The number of ether oxygens (including phenoxy) is 3. The number of nitrogens with zero attached hydrogens (tertiary/aromatic N) is 3. The van der Waals surface area contributed by atoms with E-state index in [-0.39, 0.29) is 21.3 Å². The Kier molecular flexibility index (Phi) is 7.43. The van der Waals surface area contributed by atoms with E-state index in [1.165, 1.54) is 24.5 Å². The van der Waals surface area contributed by atoms with Crippen molar-refractivity contribution in [2.24, 2.45) is 0 Å². The maximum Gasteiger partial charge on any atom is 0.295 e. The molecule has 2 saturated heterocycles. The monoisotopic (exact) mass is 595 g/mol. The molecule has 0 radical (unpaired) electrons. The van der Waals surface area contributed by atoms with E-state index in [1.807, 2.05) is 33.9 Å². The summed E-state index contributed by atoms with van der Waals surface area (Å²) in [6.45, 7) is 12.6. The fraction of sp³-hybridized carbons (Fsp3) is 0.571. The van der Waals surface area contributed by atoms with Gasteiger partial charge >= 0.3 is 0 Å². The molecule has 0 unspecified atom stereocenters. The fourth-order valence-corrected chi connectivity index (χ4v) is 6.23. The van der Waals surface area contributed by atoms with Crippen molar-refractivity contribution in [1.29, 1.82) is 0 Å². The number of aromatic nitrogens is 3. The number of rotatable bonds is 7. The number of hydrogen-bond donors (Lipinski definition) is 1. The van der Waals surface area contributed by atoms with E-state index in [9.17, 15) is 5.11 Å². The van der Waals surface area contributed by atoms with Crippen LogP contribution in [0.25, 0.3) is 11.0 Å². The van der Waals surface area contributed by atoms with Crippen LogP contribution in [-0.2, 0) is 24.6 Å². The average molecular weight is 596 g/mol. The summed E-state index contributed by atoms with van der Waals surface area (Å²) in [5.41, 5.74) is 0.252. The maximum absolute atomic E-state index is 15.7. The molecule has 4 heterocycles.